The van der Waals surface area contributed by atoms with Crippen LogP contribution in [0.15, 0.2) is 11.5 Å². The monoisotopic (exact) mass is 184 g/mol. The topological polar surface area (TPSA) is 75.7 Å². The van der Waals surface area contributed by atoms with Crippen molar-refractivity contribution in [1.29, 1.82) is 0 Å². The standard InChI is InChI=1S/C7H8N2O4/c1-9-6(11)5(8-7(9)12)4(3-10)13-2/h3H,1-2H3,(H,8,12)/b5-4+. The molecule has 13 heavy (non-hydrogen) atoms. The zero-order chi connectivity index (χ0) is 10.0. The molecule has 70 valence electrons. The van der Waals surface area contributed by atoms with Crippen LogP contribution in [-0.2, 0) is 14.3 Å². The second kappa shape index (κ2) is 3.26. The van der Waals surface area contributed by atoms with Crippen LogP contribution in [-0.4, -0.2) is 37.3 Å². The number of carbonyl (C=O) groups is 3. The van der Waals surface area contributed by atoms with E-state index < -0.39 is 11.9 Å². The molecule has 1 heterocycles. The Morgan fingerprint density at radius 1 is 1.54 bits per heavy atom. The summed E-state index contributed by atoms with van der Waals surface area (Å²) < 4.78 is 4.60. The van der Waals surface area contributed by atoms with Crippen molar-refractivity contribution in [1.82, 2.24) is 10.2 Å². The Labute approximate surface area is 74.1 Å². The lowest BCUT2D eigenvalue weighted by Gasteiger charge is -2.01. The Kier molecular flexibility index (Phi) is 2.32. The van der Waals surface area contributed by atoms with E-state index in [1.807, 2.05) is 0 Å². The quantitative estimate of drug-likeness (QED) is 0.264. The molecule has 6 nitrogen and oxygen atoms in total. The van der Waals surface area contributed by atoms with Gasteiger partial charge in [-0.15, -0.1) is 0 Å². The maximum atomic E-state index is 11.2. The summed E-state index contributed by atoms with van der Waals surface area (Å²) in [6.07, 6.45) is 0.368. The normalized spacial score (nSPS) is 20.0. The highest BCUT2D eigenvalue weighted by Gasteiger charge is 2.33. The van der Waals surface area contributed by atoms with Crippen molar-refractivity contribution >= 4 is 18.2 Å². The Morgan fingerprint density at radius 2 is 2.15 bits per heavy atom. The minimum absolute atomic E-state index is 0.120. The van der Waals surface area contributed by atoms with Gasteiger partial charge in [-0.3, -0.25) is 19.8 Å². The molecule has 1 aliphatic heterocycles. The molecule has 0 spiro atoms. The Bertz CT molecular complexity index is 308. The smallest absolute Gasteiger partial charge is 0.328 e. The van der Waals surface area contributed by atoms with E-state index >= 15 is 0 Å². The fourth-order valence-corrected chi connectivity index (χ4v) is 0.880. The average Bonchev–Trinajstić information content (AvgIpc) is 2.36. The number of carbonyl (C=O) groups excluding carboxylic acids is 3. The van der Waals surface area contributed by atoms with Crippen LogP contribution in [0.25, 0.3) is 0 Å². The van der Waals surface area contributed by atoms with Crippen molar-refractivity contribution < 1.29 is 19.1 Å². The number of ether oxygens (including phenoxy) is 1. The number of likely N-dealkylation sites (N-methyl/N-ethyl adjacent to an activating group) is 1. The second-order valence-electron chi connectivity index (χ2n) is 2.36. The Balaban J connectivity index is 3.09. The van der Waals surface area contributed by atoms with Crippen LogP contribution < -0.4 is 5.32 Å². The number of hydrogen-bond acceptors (Lipinski definition) is 4. The van der Waals surface area contributed by atoms with E-state index in [1.54, 1.807) is 0 Å². The summed E-state index contributed by atoms with van der Waals surface area (Å²) in [6.45, 7) is 0. The molecule has 0 aliphatic carbocycles. The Hall–Kier alpha value is -1.85. The van der Waals surface area contributed by atoms with Gasteiger partial charge in [0.1, 0.15) is 0 Å². The molecule has 0 aromatic rings. The van der Waals surface area contributed by atoms with Gasteiger partial charge in [-0.25, -0.2) is 4.79 Å². The molecule has 1 N–H and O–H groups in total. The first-order valence-corrected chi connectivity index (χ1v) is 3.44. The number of imide groups is 1. The number of urea groups is 1. The summed E-state index contributed by atoms with van der Waals surface area (Å²) in [5.74, 6) is -0.753. The van der Waals surface area contributed by atoms with Gasteiger partial charge in [0.15, 0.2) is 17.7 Å². The van der Waals surface area contributed by atoms with Gasteiger partial charge >= 0.3 is 6.03 Å². The fraction of sp³-hybridized carbons (Fsp3) is 0.286. The van der Waals surface area contributed by atoms with E-state index in [1.165, 1.54) is 14.2 Å². The number of amides is 3. The minimum Gasteiger partial charge on any atom is -0.491 e. The molecule has 0 unspecified atom stereocenters. The molecule has 0 aromatic carbocycles. The van der Waals surface area contributed by atoms with E-state index in [-0.39, 0.29) is 11.5 Å². The van der Waals surface area contributed by atoms with Crippen LogP contribution in [0, 0.1) is 0 Å². The molecule has 1 saturated heterocycles. The third kappa shape index (κ3) is 1.37. The molecule has 3 amide bonds. The zero-order valence-corrected chi connectivity index (χ0v) is 7.16. The first-order valence-electron chi connectivity index (χ1n) is 3.44. The summed E-state index contributed by atoms with van der Waals surface area (Å²) in [5, 5.41) is 2.22. The molecule has 1 rings (SSSR count). The molecule has 1 aliphatic rings. The molecular formula is C7H8N2O4. The van der Waals surface area contributed by atoms with Crippen LogP contribution in [0.3, 0.4) is 0 Å². The second-order valence-corrected chi connectivity index (χ2v) is 2.36. The summed E-state index contributed by atoms with van der Waals surface area (Å²) >= 11 is 0. The van der Waals surface area contributed by atoms with Gasteiger partial charge in [-0.2, -0.15) is 0 Å². The maximum absolute atomic E-state index is 11.2. The van der Waals surface area contributed by atoms with Gasteiger partial charge in [0.05, 0.1) is 7.11 Å². The lowest BCUT2D eigenvalue weighted by Crippen LogP contribution is -2.25. The molecule has 6 heteroatoms. The first kappa shape index (κ1) is 9.24. The molecular weight excluding hydrogens is 176 g/mol. The van der Waals surface area contributed by atoms with Gasteiger partial charge in [-0.1, -0.05) is 0 Å². The van der Waals surface area contributed by atoms with Gasteiger partial charge in [-0.05, 0) is 0 Å². The third-order valence-electron chi connectivity index (χ3n) is 1.63. The lowest BCUT2D eigenvalue weighted by molar-refractivity contribution is -0.122. The van der Waals surface area contributed by atoms with Crippen LogP contribution in [0.2, 0.25) is 0 Å². The van der Waals surface area contributed by atoms with Crippen molar-refractivity contribution in [2.75, 3.05) is 14.2 Å². The summed E-state index contributed by atoms with van der Waals surface area (Å²) in [4.78, 5) is 33.4. The van der Waals surface area contributed by atoms with Crippen molar-refractivity contribution in [2.24, 2.45) is 0 Å². The van der Waals surface area contributed by atoms with Crippen LogP contribution in [0.5, 0.6) is 0 Å². The fourth-order valence-electron chi connectivity index (χ4n) is 0.880. The lowest BCUT2D eigenvalue weighted by atomic mass is 10.3. The zero-order valence-electron chi connectivity index (χ0n) is 7.16. The number of rotatable bonds is 2. The van der Waals surface area contributed by atoms with E-state index in [2.05, 4.69) is 10.1 Å². The molecule has 0 aromatic heterocycles. The van der Waals surface area contributed by atoms with E-state index in [0.29, 0.717) is 6.29 Å². The van der Waals surface area contributed by atoms with Crippen molar-refractivity contribution in [2.45, 2.75) is 0 Å². The van der Waals surface area contributed by atoms with E-state index in [9.17, 15) is 14.4 Å². The number of aldehydes is 1. The van der Waals surface area contributed by atoms with Crippen molar-refractivity contribution in [3.05, 3.63) is 11.5 Å². The van der Waals surface area contributed by atoms with E-state index in [4.69, 9.17) is 0 Å². The molecule has 1 fully saturated rings. The highest BCUT2D eigenvalue weighted by Crippen LogP contribution is 2.10. The predicted molar refractivity (Wildman–Crippen MR) is 41.4 cm³/mol. The molecule has 0 bridgehead atoms. The van der Waals surface area contributed by atoms with Crippen LogP contribution >= 0.6 is 0 Å². The Morgan fingerprint density at radius 3 is 2.46 bits per heavy atom. The van der Waals surface area contributed by atoms with Crippen molar-refractivity contribution in [3.8, 4) is 0 Å². The number of nitrogens with one attached hydrogen (secondary N) is 1. The molecule has 0 saturated carbocycles. The average molecular weight is 184 g/mol. The van der Waals surface area contributed by atoms with Crippen molar-refractivity contribution in [3.63, 3.8) is 0 Å². The van der Waals surface area contributed by atoms with Crippen LogP contribution in [0.1, 0.15) is 0 Å². The largest absolute Gasteiger partial charge is 0.491 e. The van der Waals surface area contributed by atoms with Gasteiger partial charge < -0.3 is 4.74 Å². The SMILES string of the molecule is CO/C(C=O)=C1/NC(=O)N(C)C1=O. The van der Waals surface area contributed by atoms with E-state index in [0.717, 1.165) is 4.90 Å². The number of methoxy groups -OCH3 is 1. The minimum atomic E-state index is -0.575. The third-order valence-corrected chi connectivity index (χ3v) is 1.63. The van der Waals surface area contributed by atoms with Gasteiger partial charge in [0, 0.05) is 7.05 Å². The number of allylic oxidation sites excluding steroid dienone is 1. The number of nitrogens with zero attached hydrogens (tertiary/aromatic N) is 1. The first-order chi connectivity index (χ1) is 6.11. The summed E-state index contributed by atoms with van der Waals surface area (Å²) in [6, 6.07) is -0.573. The summed E-state index contributed by atoms with van der Waals surface area (Å²) in [7, 11) is 2.55. The molecule has 0 atom stereocenters. The number of hydrogen-bond donors (Lipinski definition) is 1. The summed E-state index contributed by atoms with van der Waals surface area (Å²) in [5.41, 5.74) is -0.120. The maximum Gasteiger partial charge on any atom is 0.328 e. The van der Waals surface area contributed by atoms with Crippen LogP contribution in [0.4, 0.5) is 4.79 Å². The molecule has 0 radical (unpaired) electrons. The van der Waals surface area contributed by atoms with Gasteiger partial charge in [0.25, 0.3) is 5.91 Å². The van der Waals surface area contributed by atoms with Gasteiger partial charge in [0.2, 0.25) is 0 Å². The predicted octanol–water partition coefficient (Wildman–Crippen LogP) is -0.775. The highest BCUT2D eigenvalue weighted by molar-refractivity contribution is 6.13. The highest BCUT2D eigenvalue weighted by atomic mass is 16.5.